The minimum atomic E-state index is 0.462. The van der Waals surface area contributed by atoms with Crippen LogP contribution in [0, 0.1) is 5.92 Å². The summed E-state index contributed by atoms with van der Waals surface area (Å²) in [5.41, 5.74) is 1.38. The highest BCUT2D eigenvalue weighted by molar-refractivity contribution is 9.09. The normalized spacial score (nSPS) is 14.5. The Kier molecular flexibility index (Phi) is 4.81. The number of benzene rings is 1. The monoisotopic (exact) mass is 308 g/mol. The zero-order valence-corrected chi connectivity index (χ0v) is 12.4. The van der Waals surface area contributed by atoms with E-state index in [1.54, 1.807) is 0 Å². The van der Waals surface area contributed by atoms with E-state index in [0.717, 1.165) is 0 Å². The van der Waals surface area contributed by atoms with E-state index in [0.29, 0.717) is 10.7 Å². The molecule has 2 unspecified atom stereocenters. The SMILES string of the molecule is CC(CCc1cccs1)C(Br)c1ccccc1. The van der Waals surface area contributed by atoms with Gasteiger partial charge in [0.05, 0.1) is 0 Å². The molecule has 2 heteroatoms. The predicted octanol–water partition coefficient (Wildman–Crippen LogP) is 5.45. The second kappa shape index (κ2) is 6.36. The molecule has 90 valence electrons. The van der Waals surface area contributed by atoms with Gasteiger partial charge in [-0.15, -0.1) is 11.3 Å². The lowest BCUT2D eigenvalue weighted by molar-refractivity contribution is 0.528. The van der Waals surface area contributed by atoms with E-state index in [1.165, 1.54) is 23.3 Å². The molecule has 17 heavy (non-hydrogen) atoms. The molecule has 1 aromatic carbocycles. The highest BCUT2D eigenvalue weighted by atomic mass is 79.9. The molecule has 0 saturated heterocycles. The first kappa shape index (κ1) is 12.8. The van der Waals surface area contributed by atoms with E-state index in [2.05, 4.69) is 70.7 Å². The summed E-state index contributed by atoms with van der Waals surface area (Å²) in [6, 6.07) is 15.0. The van der Waals surface area contributed by atoms with Crippen molar-refractivity contribution in [3.8, 4) is 0 Å². The number of alkyl halides is 1. The van der Waals surface area contributed by atoms with Crippen molar-refractivity contribution in [2.75, 3.05) is 0 Å². The first-order valence-corrected chi connectivity index (χ1v) is 7.78. The van der Waals surface area contributed by atoms with Gasteiger partial charge in [0.1, 0.15) is 0 Å². The molecule has 0 aliphatic carbocycles. The number of rotatable bonds is 5. The van der Waals surface area contributed by atoms with Crippen LogP contribution in [0.2, 0.25) is 0 Å². The van der Waals surface area contributed by atoms with Crippen LogP contribution >= 0.6 is 27.3 Å². The van der Waals surface area contributed by atoms with Gasteiger partial charge in [-0.25, -0.2) is 0 Å². The average Bonchev–Trinajstić information content (AvgIpc) is 2.89. The maximum Gasteiger partial charge on any atom is 0.0420 e. The Morgan fingerprint density at radius 2 is 1.88 bits per heavy atom. The van der Waals surface area contributed by atoms with Crippen molar-refractivity contribution in [1.82, 2.24) is 0 Å². The van der Waals surface area contributed by atoms with Gasteiger partial charge in [-0.05, 0) is 35.8 Å². The fourth-order valence-corrected chi connectivity index (χ4v) is 3.23. The van der Waals surface area contributed by atoms with Gasteiger partial charge >= 0.3 is 0 Å². The molecule has 1 aromatic heterocycles. The van der Waals surface area contributed by atoms with E-state index in [4.69, 9.17) is 0 Å². The first-order chi connectivity index (χ1) is 8.27. The van der Waals surface area contributed by atoms with Crippen molar-refractivity contribution in [1.29, 1.82) is 0 Å². The summed E-state index contributed by atoms with van der Waals surface area (Å²) in [4.78, 5) is 1.95. The second-order valence-corrected chi connectivity index (χ2v) is 6.43. The second-order valence-electron chi connectivity index (χ2n) is 4.41. The van der Waals surface area contributed by atoms with Crippen LogP contribution in [0.1, 0.15) is 28.6 Å². The number of hydrogen-bond donors (Lipinski definition) is 0. The lowest BCUT2D eigenvalue weighted by Crippen LogP contribution is -2.04. The molecule has 0 radical (unpaired) electrons. The first-order valence-electron chi connectivity index (χ1n) is 5.99. The van der Waals surface area contributed by atoms with Crippen LogP contribution in [-0.2, 0) is 6.42 Å². The molecule has 0 bridgehead atoms. The molecule has 0 aliphatic heterocycles. The van der Waals surface area contributed by atoms with Crippen molar-refractivity contribution in [2.45, 2.75) is 24.6 Å². The molecule has 0 amide bonds. The topological polar surface area (TPSA) is 0 Å². The molecule has 0 fully saturated rings. The van der Waals surface area contributed by atoms with Gasteiger partial charge in [0.25, 0.3) is 0 Å². The standard InChI is InChI=1S/C15H17BrS/c1-12(9-10-14-8-5-11-17-14)15(16)13-6-3-2-4-7-13/h2-8,11-12,15H,9-10H2,1H3. The van der Waals surface area contributed by atoms with Crippen LogP contribution in [0.4, 0.5) is 0 Å². The Hall–Kier alpha value is -0.600. The Balaban J connectivity index is 1.89. The summed E-state index contributed by atoms with van der Waals surface area (Å²) < 4.78 is 0. The highest BCUT2D eigenvalue weighted by Gasteiger charge is 2.15. The summed E-state index contributed by atoms with van der Waals surface area (Å²) in [7, 11) is 0. The molecular formula is C15H17BrS. The minimum absolute atomic E-state index is 0.462. The van der Waals surface area contributed by atoms with Crippen LogP contribution in [-0.4, -0.2) is 0 Å². The molecule has 2 aromatic rings. The van der Waals surface area contributed by atoms with Gasteiger partial charge in [-0.1, -0.05) is 59.3 Å². The third kappa shape index (κ3) is 3.68. The summed E-state index contributed by atoms with van der Waals surface area (Å²) in [6.07, 6.45) is 2.42. The molecule has 0 nitrogen and oxygen atoms in total. The van der Waals surface area contributed by atoms with Crippen molar-refractivity contribution in [2.24, 2.45) is 5.92 Å². The Bertz CT molecular complexity index is 421. The van der Waals surface area contributed by atoms with Gasteiger partial charge in [-0.3, -0.25) is 0 Å². The van der Waals surface area contributed by atoms with Crippen LogP contribution in [0.3, 0.4) is 0 Å². The van der Waals surface area contributed by atoms with E-state index < -0.39 is 0 Å². The molecule has 1 heterocycles. The van der Waals surface area contributed by atoms with Crippen molar-refractivity contribution < 1.29 is 0 Å². The van der Waals surface area contributed by atoms with Gasteiger partial charge in [0, 0.05) is 9.70 Å². The largest absolute Gasteiger partial charge is 0.149 e. The smallest absolute Gasteiger partial charge is 0.0420 e. The van der Waals surface area contributed by atoms with Crippen molar-refractivity contribution in [3.63, 3.8) is 0 Å². The fraction of sp³-hybridized carbons (Fsp3) is 0.333. The van der Waals surface area contributed by atoms with Crippen LogP contribution < -0.4 is 0 Å². The Morgan fingerprint density at radius 3 is 2.53 bits per heavy atom. The average molecular weight is 309 g/mol. The van der Waals surface area contributed by atoms with Crippen molar-refractivity contribution >= 4 is 27.3 Å². The van der Waals surface area contributed by atoms with Crippen molar-refractivity contribution in [3.05, 3.63) is 58.3 Å². The van der Waals surface area contributed by atoms with Gasteiger partial charge in [0.15, 0.2) is 0 Å². The number of thiophene rings is 1. The van der Waals surface area contributed by atoms with Crippen LogP contribution in [0.25, 0.3) is 0 Å². The predicted molar refractivity (Wildman–Crippen MR) is 79.9 cm³/mol. The zero-order chi connectivity index (χ0) is 12.1. The summed E-state index contributed by atoms with van der Waals surface area (Å²) in [6.45, 7) is 2.32. The zero-order valence-electron chi connectivity index (χ0n) is 9.97. The third-order valence-corrected chi connectivity index (χ3v) is 5.41. The molecular weight excluding hydrogens is 292 g/mol. The molecule has 0 N–H and O–H groups in total. The lowest BCUT2D eigenvalue weighted by atomic mass is 9.96. The third-order valence-electron chi connectivity index (χ3n) is 3.04. The van der Waals surface area contributed by atoms with E-state index in [1.807, 2.05) is 11.3 Å². The van der Waals surface area contributed by atoms with Crippen LogP contribution in [0.15, 0.2) is 47.8 Å². The minimum Gasteiger partial charge on any atom is -0.149 e. The molecule has 0 spiro atoms. The molecule has 0 aliphatic rings. The molecule has 2 rings (SSSR count). The van der Waals surface area contributed by atoms with Gasteiger partial charge in [0.2, 0.25) is 0 Å². The number of aryl methyl sites for hydroxylation is 1. The summed E-state index contributed by atoms with van der Waals surface area (Å²) in [5.74, 6) is 0.652. The maximum absolute atomic E-state index is 3.82. The van der Waals surface area contributed by atoms with E-state index in [9.17, 15) is 0 Å². The number of hydrogen-bond acceptors (Lipinski definition) is 1. The molecule has 2 atom stereocenters. The van der Waals surface area contributed by atoms with E-state index >= 15 is 0 Å². The fourth-order valence-electron chi connectivity index (χ4n) is 1.94. The quantitative estimate of drug-likeness (QED) is 0.644. The maximum atomic E-state index is 3.82. The Morgan fingerprint density at radius 1 is 1.12 bits per heavy atom. The highest BCUT2D eigenvalue weighted by Crippen LogP contribution is 2.33. The van der Waals surface area contributed by atoms with Gasteiger partial charge in [-0.2, -0.15) is 0 Å². The lowest BCUT2D eigenvalue weighted by Gasteiger charge is -2.18. The Labute approximate surface area is 116 Å². The summed E-state index contributed by atoms with van der Waals surface area (Å²) in [5, 5.41) is 2.16. The molecule has 0 saturated carbocycles. The van der Waals surface area contributed by atoms with Gasteiger partial charge < -0.3 is 0 Å². The number of halogens is 1. The summed E-state index contributed by atoms with van der Waals surface area (Å²) >= 11 is 5.68. The van der Waals surface area contributed by atoms with E-state index in [-0.39, 0.29) is 0 Å². The van der Waals surface area contributed by atoms with Crippen LogP contribution in [0.5, 0.6) is 0 Å².